The number of hydrogen-bond acceptors (Lipinski definition) is 4. The molecule has 0 saturated carbocycles. The van der Waals surface area contributed by atoms with Gasteiger partial charge in [-0.2, -0.15) is 0 Å². The van der Waals surface area contributed by atoms with Crippen molar-refractivity contribution in [1.82, 2.24) is 4.90 Å². The molecule has 0 aromatic heterocycles. The van der Waals surface area contributed by atoms with E-state index in [2.05, 4.69) is 24.0 Å². The smallest absolute Gasteiger partial charge is 0.118 e. The summed E-state index contributed by atoms with van der Waals surface area (Å²) < 4.78 is 5.21. The highest BCUT2D eigenvalue weighted by atomic mass is 16.5. The Bertz CT molecular complexity index is 405. The number of ether oxygens (including phenoxy) is 1. The maximum absolute atomic E-state index is 9.08. The zero-order valence-electron chi connectivity index (χ0n) is 12.5. The SMILES string of the molecule is COc1ccc(C(C(C)N)N2CCC(CCO)C2)cc1. The fourth-order valence-corrected chi connectivity index (χ4v) is 3.18. The zero-order valence-corrected chi connectivity index (χ0v) is 12.5. The number of aliphatic hydroxyl groups excluding tert-OH is 1. The number of benzene rings is 1. The molecule has 2 rings (SSSR count). The van der Waals surface area contributed by atoms with Gasteiger partial charge >= 0.3 is 0 Å². The Morgan fingerprint density at radius 3 is 2.65 bits per heavy atom. The summed E-state index contributed by atoms with van der Waals surface area (Å²) in [6, 6.07) is 8.51. The van der Waals surface area contributed by atoms with Gasteiger partial charge in [0, 0.05) is 25.2 Å². The first-order valence-corrected chi connectivity index (χ1v) is 7.40. The van der Waals surface area contributed by atoms with Gasteiger partial charge in [0.2, 0.25) is 0 Å². The number of aliphatic hydroxyl groups is 1. The number of likely N-dealkylation sites (tertiary alicyclic amines) is 1. The summed E-state index contributed by atoms with van der Waals surface area (Å²) in [7, 11) is 1.68. The van der Waals surface area contributed by atoms with Crippen molar-refractivity contribution in [3.05, 3.63) is 29.8 Å². The van der Waals surface area contributed by atoms with Gasteiger partial charge in [-0.15, -0.1) is 0 Å². The van der Waals surface area contributed by atoms with Crippen molar-refractivity contribution in [2.24, 2.45) is 11.7 Å². The first kappa shape index (κ1) is 15.3. The van der Waals surface area contributed by atoms with Crippen molar-refractivity contribution in [2.75, 3.05) is 26.8 Å². The molecule has 1 heterocycles. The predicted molar refractivity (Wildman–Crippen MR) is 80.8 cm³/mol. The molecule has 3 atom stereocenters. The van der Waals surface area contributed by atoms with Gasteiger partial charge in [0.1, 0.15) is 5.75 Å². The molecule has 1 aromatic carbocycles. The fraction of sp³-hybridized carbons (Fsp3) is 0.625. The Labute approximate surface area is 121 Å². The summed E-state index contributed by atoms with van der Waals surface area (Å²) in [4.78, 5) is 2.45. The number of nitrogens with zero attached hydrogens (tertiary/aromatic N) is 1. The third kappa shape index (κ3) is 3.51. The van der Waals surface area contributed by atoms with Gasteiger partial charge < -0.3 is 15.6 Å². The lowest BCUT2D eigenvalue weighted by molar-refractivity contribution is 0.201. The number of nitrogens with two attached hydrogens (primary N) is 1. The molecule has 0 bridgehead atoms. The molecule has 1 saturated heterocycles. The quantitative estimate of drug-likeness (QED) is 0.833. The lowest BCUT2D eigenvalue weighted by Crippen LogP contribution is -2.38. The van der Waals surface area contributed by atoms with Crippen LogP contribution in [0.25, 0.3) is 0 Å². The first-order valence-electron chi connectivity index (χ1n) is 7.40. The van der Waals surface area contributed by atoms with Gasteiger partial charge in [-0.05, 0) is 49.9 Å². The monoisotopic (exact) mass is 278 g/mol. The van der Waals surface area contributed by atoms with Crippen LogP contribution in [0.1, 0.15) is 31.4 Å². The van der Waals surface area contributed by atoms with Crippen LogP contribution in [0.4, 0.5) is 0 Å². The van der Waals surface area contributed by atoms with E-state index in [4.69, 9.17) is 15.6 Å². The molecule has 0 amide bonds. The lowest BCUT2D eigenvalue weighted by atomic mass is 9.99. The van der Waals surface area contributed by atoms with E-state index in [0.717, 1.165) is 31.7 Å². The van der Waals surface area contributed by atoms with E-state index in [0.29, 0.717) is 5.92 Å². The molecule has 0 radical (unpaired) electrons. The van der Waals surface area contributed by atoms with Gasteiger partial charge in [0.05, 0.1) is 7.11 Å². The molecular weight excluding hydrogens is 252 g/mol. The Morgan fingerprint density at radius 1 is 1.40 bits per heavy atom. The molecule has 4 heteroatoms. The molecule has 1 aliphatic heterocycles. The minimum absolute atomic E-state index is 0.0799. The summed E-state index contributed by atoms with van der Waals surface area (Å²) in [6.07, 6.45) is 2.05. The van der Waals surface area contributed by atoms with Gasteiger partial charge in [-0.1, -0.05) is 12.1 Å². The van der Waals surface area contributed by atoms with Crippen LogP contribution in [0.5, 0.6) is 5.75 Å². The van der Waals surface area contributed by atoms with Crippen LogP contribution in [0.15, 0.2) is 24.3 Å². The average molecular weight is 278 g/mol. The second kappa shape index (κ2) is 7.07. The molecule has 1 fully saturated rings. The van der Waals surface area contributed by atoms with Crippen molar-refractivity contribution in [3.63, 3.8) is 0 Å². The van der Waals surface area contributed by atoms with E-state index in [1.807, 2.05) is 12.1 Å². The average Bonchev–Trinajstić information content (AvgIpc) is 2.88. The Balaban J connectivity index is 2.10. The highest BCUT2D eigenvalue weighted by Crippen LogP contribution is 2.31. The van der Waals surface area contributed by atoms with E-state index < -0.39 is 0 Å². The van der Waals surface area contributed by atoms with Gasteiger partial charge in [-0.25, -0.2) is 0 Å². The topological polar surface area (TPSA) is 58.7 Å². The van der Waals surface area contributed by atoms with Crippen molar-refractivity contribution in [3.8, 4) is 5.75 Å². The van der Waals surface area contributed by atoms with Crippen molar-refractivity contribution in [2.45, 2.75) is 31.8 Å². The third-order valence-electron chi connectivity index (χ3n) is 4.20. The Kier molecular flexibility index (Phi) is 5.40. The molecule has 3 N–H and O–H groups in total. The van der Waals surface area contributed by atoms with E-state index in [1.54, 1.807) is 7.11 Å². The molecular formula is C16H26N2O2. The molecule has 1 aromatic rings. The van der Waals surface area contributed by atoms with Crippen LogP contribution in [0.2, 0.25) is 0 Å². The van der Waals surface area contributed by atoms with E-state index in [1.165, 1.54) is 5.56 Å². The van der Waals surface area contributed by atoms with E-state index in [-0.39, 0.29) is 18.7 Å². The normalized spacial score (nSPS) is 22.7. The number of hydrogen-bond donors (Lipinski definition) is 2. The lowest BCUT2D eigenvalue weighted by Gasteiger charge is -2.31. The van der Waals surface area contributed by atoms with Crippen LogP contribution >= 0.6 is 0 Å². The van der Waals surface area contributed by atoms with Gasteiger partial charge in [0.25, 0.3) is 0 Å². The van der Waals surface area contributed by atoms with Crippen LogP contribution in [0, 0.1) is 5.92 Å². The summed E-state index contributed by atoms with van der Waals surface area (Å²) in [6.45, 7) is 4.43. The van der Waals surface area contributed by atoms with Crippen molar-refractivity contribution >= 4 is 0 Å². The minimum Gasteiger partial charge on any atom is -0.497 e. The zero-order chi connectivity index (χ0) is 14.5. The highest BCUT2D eigenvalue weighted by molar-refractivity contribution is 5.30. The minimum atomic E-state index is 0.0799. The molecule has 1 aliphatic rings. The maximum atomic E-state index is 9.08. The number of rotatable bonds is 6. The standard InChI is InChI=1S/C16H26N2O2/c1-12(17)16(14-3-5-15(20-2)6-4-14)18-9-7-13(11-18)8-10-19/h3-6,12-13,16,19H,7-11,17H2,1-2H3. The van der Waals surface area contributed by atoms with Gasteiger partial charge in [0.15, 0.2) is 0 Å². The van der Waals surface area contributed by atoms with Gasteiger partial charge in [-0.3, -0.25) is 4.90 Å². The molecule has 4 nitrogen and oxygen atoms in total. The maximum Gasteiger partial charge on any atom is 0.118 e. The second-order valence-electron chi connectivity index (χ2n) is 5.74. The van der Waals surface area contributed by atoms with E-state index in [9.17, 15) is 0 Å². The Hall–Kier alpha value is -1.10. The van der Waals surface area contributed by atoms with Crippen LogP contribution in [0.3, 0.4) is 0 Å². The molecule has 20 heavy (non-hydrogen) atoms. The van der Waals surface area contributed by atoms with E-state index >= 15 is 0 Å². The van der Waals surface area contributed by atoms with Crippen LogP contribution < -0.4 is 10.5 Å². The fourth-order valence-electron chi connectivity index (χ4n) is 3.18. The molecule has 3 unspecified atom stereocenters. The third-order valence-corrected chi connectivity index (χ3v) is 4.20. The summed E-state index contributed by atoms with van der Waals surface area (Å²) in [5.41, 5.74) is 7.46. The highest BCUT2D eigenvalue weighted by Gasteiger charge is 2.30. The van der Waals surface area contributed by atoms with Crippen LogP contribution in [-0.2, 0) is 0 Å². The largest absolute Gasteiger partial charge is 0.497 e. The Morgan fingerprint density at radius 2 is 2.10 bits per heavy atom. The summed E-state index contributed by atoms with van der Waals surface area (Å²) in [5, 5.41) is 9.08. The number of methoxy groups -OCH3 is 1. The molecule has 112 valence electrons. The first-order chi connectivity index (χ1) is 9.65. The molecule has 0 aliphatic carbocycles. The van der Waals surface area contributed by atoms with Crippen molar-refractivity contribution < 1.29 is 9.84 Å². The predicted octanol–water partition coefficient (Wildman–Crippen LogP) is 1.79. The summed E-state index contributed by atoms with van der Waals surface area (Å²) >= 11 is 0. The summed E-state index contributed by atoms with van der Waals surface area (Å²) in [5.74, 6) is 1.47. The second-order valence-corrected chi connectivity index (χ2v) is 5.74. The van der Waals surface area contributed by atoms with Crippen LogP contribution in [-0.4, -0.2) is 42.9 Å². The van der Waals surface area contributed by atoms with Crippen molar-refractivity contribution in [1.29, 1.82) is 0 Å². The molecule has 0 spiro atoms.